The standard InChI is InChI=1S/C21H11ClN4O4/c22-14-4-6-18-17(10-14)21(27)25-20(24-18)13(11-23)9-16-5-7-19(30-16)12-2-1-3-15(8-12)26(28)29/h1-10H,(H,24,25,27). The summed E-state index contributed by atoms with van der Waals surface area (Å²) in [5.74, 6) is 0.814. The molecule has 0 radical (unpaired) electrons. The summed E-state index contributed by atoms with van der Waals surface area (Å²) in [6, 6.07) is 16.0. The number of benzene rings is 2. The van der Waals surface area contributed by atoms with Crippen molar-refractivity contribution in [3.63, 3.8) is 0 Å². The minimum atomic E-state index is -0.490. The molecule has 0 fully saturated rings. The van der Waals surface area contributed by atoms with Crippen molar-refractivity contribution in [1.29, 1.82) is 5.26 Å². The molecule has 0 saturated carbocycles. The zero-order valence-electron chi connectivity index (χ0n) is 15.1. The number of rotatable bonds is 4. The van der Waals surface area contributed by atoms with E-state index >= 15 is 0 Å². The smallest absolute Gasteiger partial charge is 0.270 e. The topological polar surface area (TPSA) is 126 Å². The van der Waals surface area contributed by atoms with Gasteiger partial charge in [-0.25, -0.2) is 4.98 Å². The van der Waals surface area contributed by atoms with Crippen LogP contribution in [0.2, 0.25) is 5.02 Å². The number of allylic oxidation sites excluding steroid dienone is 1. The van der Waals surface area contributed by atoms with E-state index in [0.717, 1.165) is 0 Å². The van der Waals surface area contributed by atoms with E-state index in [1.54, 1.807) is 36.4 Å². The van der Waals surface area contributed by atoms with E-state index in [1.807, 2.05) is 6.07 Å². The molecule has 4 aromatic rings. The minimum Gasteiger partial charge on any atom is -0.457 e. The number of fused-ring (bicyclic) bond motifs is 1. The van der Waals surface area contributed by atoms with Gasteiger partial charge in [-0.3, -0.25) is 14.9 Å². The highest BCUT2D eigenvalue weighted by Crippen LogP contribution is 2.27. The second-order valence-corrected chi connectivity index (χ2v) is 6.69. The molecule has 30 heavy (non-hydrogen) atoms. The number of hydrogen-bond acceptors (Lipinski definition) is 6. The summed E-state index contributed by atoms with van der Waals surface area (Å²) < 4.78 is 5.70. The number of nitrogens with zero attached hydrogens (tertiary/aromatic N) is 3. The van der Waals surface area contributed by atoms with Gasteiger partial charge in [0, 0.05) is 28.8 Å². The molecule has 146 valence electrons. The van der Waals surface area contributed by atoms with Crippen LogP contribution in [0, 0.1) is 21.4 Å². The van der Waals surface area contributed by atoms with Crippen LogP contribution in [0.3, 0.4) is 0 Å². The SMILES string of the molecule is N#CC(=Cc1ccc(-c2cccc([N+](=O)[O-])c2)o1)c1nc2ccc(Cl)cc2c(=O)[nH]1. The van der Waals surface area contributed by atoms with Gasteiger partial charge in [-0.05, 0) is 30.3 Å². The van der Waals surface area contributed by atoms with Gasteiger partial charge >= 0.3 is 0 Å². The molecule has 0 aliphatic heterocycles. The molecule has 1 N–H and O–H groups in total. The average Bonchev–Trinajstić information content (AvgIpc) is 3.21. The summed E-state index contributed by atoms with van der Waals surface area (Å²) in [4.78, 5) is 29.7. The van der Waals surface area contributed by atoms with Gasteiger partial charge < -0.3 is 9.40 Å². The summed E-state index contributed by atoms with van der Waals surface area (Å²) in [6.45, 7) is 0. The van der Waals surface area contributed by atoms with Gasteiger partial charge in [0.25, 0.3) is 11.2 Å². The number of aromatic amines is 1. The van der Waals surface area contributed by atoms with Crippen LogP contribution in [0.5, 0.6) is 0 Å². The fraction of sp³-hybridized carbons (Fsp3) is 0. The second-order valence-electron chi connectivity index (χ2n) is 6.26. The Hall–Kier alpha value is -4.22. The zero-order valence-corrected chi connectivity index (χ0v) is 15.9. The molecule has 0 amide bonds. The molecule has 2 heterocycles. The molecule has 0 unspecified atom stereocenters. The van der Waals surface area contributed by atoms with Crippen molar-refractivity contribution in [1.82, 2.24) is 9.97 Å². The molecule has 0 bridgehead atoms. The monoisotopic (exact) mass is 418 g/mol. The third kappa shape index (κ3) is 3.70. The van der Waals surface area contributed by atoms with Crippen LogP contribution in [0.4, 0.5) is 5.69 Å². The molecule has 8 nitrogen and oxygen atoms in total. The Morgan fingerprint density at radius 2 is 2.07 bits per heavy atom. The molecular weight excluding hydrogens is 408 g/mol. The lowest BCUT2D eigenvalue weighted by molar-refractivity contribution is -0.384. The fourth-order valence-electron chi connectivity index (χ4n) is 2.89. The molecular formula is C21H11ClN4O4. The summed E-state index contributed by atoms with van der Waals surface area (Å²) >= 11 is 5.91. The van der Waals surface area contributed by atoms with Gasteiger partial charge in [-0.15, -0.1) is 0 Å². The Balaban J connectivity index is 1.73. The number of furan rings is 1. The summed E-state index contributed by atoms with van der Waals surface area (Å²) in [5, 5.41) is 21.2. The number of halogens is 1. The molecule has 0 saturated heterocycles. The molecule has 2 aromatic heterocycles. The maximum Gasteiger partial charge on any atom is 0.270 e. The van der Waals surface area contributed by atoms with Crippen LogP contribution in [0.15, 0.2) is 63.8 Å². The van der Waals surface area contributed by atoms with Crippen LogP contribution in [-0.4, -0.2) is 14.9 Å². The Labute approximate surface area is 173 Å². The Bertz CT molecular complexity index is 1430. The number of nitrogens with one attached hydrogen (secondary N) is 1. The number of nitro benzene ring substituents is 1. The Morgan fingerprint density at radius 3 is 2.83 bits per heavy atom. The highest BCUT2D eigenvalue weighted by Gasteiger charge is 2.12. The fourth-order valence-corrected chi connectivity index (χ4v) is 3.06. The largest absolute Gasteiger partial charge is 0.457 e. The van der Waals surface area contributed by atoms with Crippen LogP contribution in [0.1, 0.15) is 11.6 Å². The molecule has 9 heteroatoms. The van der Waals surface area contributed by atoms with Crippen LogP contribution in [-0.2, 0) is 0 Å². The van der Waals surface area contributed by atoms with Gasteiger partial charge in [-0.1, -0.05) is 23.7 Å². The van der Waals surface area contributed by atoms with E-state index in [4.69, 9.17) is 16.0 Å². The van der Waals surface area contributed by atoms with Crippen molar-refractivity contribution in [2.45, 2.75) is 0 Å². The number of nitriles is 1. The summed E-state index contributed by atoms with van der Waals surface area (Å²) in [5.41, 5.74) is 0.531. The van der Waals surface area contributed by atoms with Crippen molar-refractivity contribution in [3.8, 4) is 17.4 Å². The van der Waals surface area contributed by atoms with E-state index in [-0.39, 0.29) is 17.1 Å². The lowest BCUT2D eigenvalue weighted by Gasteiger charge is -2.02. The van der Waals surface area contributed by atoms with Crippen LogP contribution >= 0.6 is 11.6 Å². The summed E-state index contributed by atoms with van der Waals surface area (Å²) in [7, 11) is 0. The number of aromatic nitrogens is 2. The highest BCUT2D eigenvalue weighted by atomic mass is 35.5. The Kier molecular flexibility index (Phi) is 4.88. The predicted molar refractivity (Wildman–Crippen MR) is 112 cm³/mol. The first-order chi connectivity index (χ1) is 14.4. The van der Waals surface area contributed by atoms with Gasteiger partial charge in [0.05, 0.1) is 21.4 Å². The number of hydrogen-bond donors (Lipinski definition) is 1. The van der Waals surface area contributed by atoms with E-state index < -0.39 is 10.5 Å². The van der Waals surface area contributed by atoms with Crippen molar-refractivity contribution in [2.75, 3.05) is 0 Å². The zero-order chi connectivity index (χ0) is 21.3. The van der Waals surface area contributed by atoms with E-state index in [2.05, 4.69) is 9.97 Å². The van der Waals surface area contributed by atoms with Crippen LogP contribution in [0.25, 0.3) is 33.9 Å². The van der Waals surface area contributed by atoms with E-state index in [0.29, 0.717) is 33.0 Å². The van der Waals surface area contributed by atoms with Crippen LogP contribution < -0.4 is 5.56 Å². The first-order valence-electron chi connectivity index (χ1n) is 8.61. The molecule has 4 rings (SSSR count). The van der Waals surface area contributed by atoms with E-state index in [1.165, 1.54) is 24.3 Å². The normalized spacial score (nSPS) is 11.4. The maximum absolute atomic E-state index is 12.3. The lowest BCUT2D eigenvalue weighted by atomic mass is 10.1. The molecule has 0 atom stereocenters. The lowest BCUT2D eigenvalue weighted by Crippen LogP contribution is -2.11. The number of H-pyrrole nitrogens is 1. The van der Waals surface area contributed by atoms with Gasteiger partial charge in [-0.2, -0.15) is 5.26 Å². The predicted octanol–water partition coefficient (Wildman–Crippen LogP) is 4.81. The maximum atomic E-state index is 12.3. The third-order valence-corrected chi connectivity index (χ3v) is 4.53. The number of nitro groups is 1. The highest BCUT2D eigenvalue weighted by molar-refractivity contribution is 6.31. The molecule has 0 aliphatic carbocycles. The van der Waals surface area contributed by atoms with E-state index in [9.17, 15) is 20.2 Å². The molecule has 0 spiro atoms. The Morgan fingerprint density at radius 1 is 1.23 bits per heavy atom. The molecule has 0 aliphatic rings. The van der Waals surface area contributed by atoms with Gasteiger partial charge in [0.1, 0.15) is 17.6 Å². The minimum absolute atomic E-state index is 0.0586. The van der Waals surface area contributed by atoms with Crippen molar-refractivity contribution in [2.24, 2.45) is 0 Å². The van der Waals surface area contributed by atoms with Gasteiger partial charge in [0.15, 0.2) is 5.82 Å². The average molecular weight is 419 g/mol. The first kappa shape index (κ1) is 19.1. The van der Waals surface area contributed by atoms with Crippen molar-refractivity contribution in [3.05, 3.63) is 91.7 Å². The summed E-state index contributed by atoms with van der Waals surface area (Å²) in [6.07, 6.45) is 1.43. The second kappa shape index (κ2) is 7.66. The van der Waals surface area contributed by atoms with Crippen molar-refractivity contribution >= 4 is 39.8 Å². The van der Waals surface area contributed by atoms with Gasteiger partial charge in [0.2, 0.25) is 0 Å². The molecule has 2 aromatic carbocycles. The first-order valence-corrected chi connectivity index (χ1v) is 8.99. The van der Waals surface area contributed by atoms with Crippen molar-refractivity contribution < 1.29 is 9.34 Å². The third-order valence-electron chi connectivity index (χ3n) is 4.30. The quantitative estimate of drug-likeness (QED) is 0.288. The number of non-ortho nitro benzene ring substituents is 1.